The predicted octanol–water partition coefficient (Wildman–Crippen LogP) is 1.44. The molecule has 16 heavy (non-hydrogen) atoms. The molecule has 1 aromatic rings. The second-order valence-electron chi connectivity index (χ2n) is 4.07. The third-order valence-electron chi connectivity index (χ3n) is 3.02. The monoisotopic (exact) mass is 228 g/mol. The first-order chi connectivity index (χ1) is 7.45. The van der Waals surface area contributed by atoms with Crippen LogP contribution in [0.2, 0.25) is 0 Å². The summed E-state index contributed by atoms with van der Waals surface area (Å²) in [5.74, 6) is -2.67. The molecule has 0 heterocycles. The third-order valence-corrected chi connectivity index (χ3v) is 3.02. The number of aliphatic carboxylic acids is 1. The fourth-order valence-electron chi connectivity index (χ4n) is 2.12. The van der Waals surface area contributed by atoms with Crippen LogP contribution in [0.4, 0.5) is 8.78 Å². The van der Waals surface area contributed by atoms with Crippen molar-refractivity contribution >= 4 is 5.97 Å². The number of aliphatic hydroxyl groups is 1. The largest absolute Gasteiger partial charge is 0.481 e. The Morgan fingerprint density at radius 1 is 1.38 bits per heavy atom. The number of hydrogen-bond donors (Lipinski definition) is 2. The molecule has 5 heteroatoms. The Bertz CT molecular complexity index is 439. The highest BCUT2D eigenvalue weighted by Crippen LogP contribution is 2.45. The van der Waals surface area contributed by atoms with Crippen LogP contribution in [0.25, 0.3) is 0 Å². The average Bonchev–Trinajstić information content (AvgIpc) is 2.16. The minimum Gasteiger partial charge on any atom is -0.481 e. The lowest BCUT2D eigenvalue weighted by Gasteiger charge is -2.42. The first kappa shape index (κ1) is 11.0. The molecular formula is C11H10F2O3. The van der Waals surface area contributed by atoms with E-state index in [-0.39, 0.29) is 18.4 Å². The lowest BCUT2D eigenvalue weighted by Crippen LogP contribution is -2.51. The summed E-state index contributed by atoms with van der Waals surface area (Å²) in [6.07, 6.45) is -0.926. The van der Waals surface area contributed by atoms with E-state index in [2.05, 4.69) is 0 Å². The Morgan fingerprint density at radius 3 is 2.50 bits per heavy atom. The van der Waals surface area contributed by atoms with Crippen LogP contribution in [-0.2, 0) is 10.2 Å². The molecular weight excluding hydrogens is 218 g/mol. The van der Waals surface area contributed by atoms with Gasteiger partial charge in [0.15, 0.2) is 0 Å². The summed E-state index contributed by atoms with van der Waals surface area (Å²) in [5.41, 5.74) is -1.67. The van der Waals surface area contributed by atoms with E-state index in [1.807, 2.05) is 0 Å². The van der Waals surface area contributed by atoms with Crippen LogP contribution in [0.5, 0.6) is 0 Å². The summed E-state index contributed by atoms with van der Waals surface area (Å²) >= 11 is 0. The Balaban J connectivity index is 2.48. The van der Waals surface area contributed by atoms with Crippen molar-refractivity contribution in [2.75, 3.05) is 0 Å². The van der Waals surface area contributed by atoms with Crippen LogP contribution < -0.4 is 0 Å². The Morgan fingerprint density at radius 2 is 2.00 bits per heavy atom. The second-order valence-corrected chi connectivity index (χ2v) is 4.07. The third kappa shape index (κ3) is 1.48. The summed E-state index contributed by atoms with van der Waals surface area (Å²) in [6.45, 7) is 0. The topological polar surface area (TPSA) is 57.5 Å². The minimum absolute atomic E-state index is 0.0806. The molecule has 0 aromatic heterocycles. The number of rotatable bonds is 2. The van der Waals surface area contributed by atoms with Gasteiger partial charge in [-0.15, -0.1) is 0 Å². The Hall–Kier alpha value is -1.49. The van der Waals surface area contributed by atoms with Gasteiger partial charge in [0.05, 0.1) is 6.10 Å². The highest BCUT2D eigenvalue weighted by Gasteiger charge is 2.52. The van der Waals surface area contributed by atoms with Crippen LogP contribution in [0, 0.1) is 11.6 Å². The summed E-state index contributed by atoms with van der Waals surface area (Å²) in [7, 11) is 0. The summed E-state index contributed by atoms with van der Waals surface area (Å²) < 4.78 is 26.4. The van der Waals surface area contributed by atoms with Gasteiger partial charge in [-0.25, -0.2) is 8.78 Å². The van der Waals surface area contributed by atoms with E-state index in [1.165, 1.54) is 0 Å². The summed E-state index contributed by atoms with van der Waals surface area (Å²) in [4.78, 5) is 11.1. The van der Waals surface area contributed by atoms with Crippen molar-refractivity contribution in [3.8, 4) is 0 Å². The average molecular weight is 228 g/mol. The number of carboxylic acid groups (broad SMARTS) is 1. The molecule has 0 amide bonds. The number of benzene rings is 1. The molecule has 1 aliphatic carbocycles. The quantitative estimate of drug-likeness (QED) is 0.805. The maximum Gasteiger partial charge on any atom is 0.314 e. The number of halogens is 2. The predicted molar refractivity (Wildman–Crippen MR) is 50.9 cm³/mol. The van der Waals surface area contributed by atoms with Gasteiger partial charge in [-0.1, -0.05) is 0 Å². The normalized spacial score (nSPS) is 28.6. The molecule has 1 saturated carbocycles. The van der Waals surface area contributed by atoms with Crippen LogP contribution in [0.3, 0.4) is 0 Å². The minimum atomic E-state index is -1.48. The van der Waals surface area contributed by atoms with E-state index < -0.39 is 29.1 Å². The van der Waals surface area contributed by atoms with Crippen LogP contribution in [0.1, 0.15) is 18.4 Å². The van der Waals surface area contributed by atoms with Gasteiger partial charge in [-0.05, 0) is 31.0 Å². The maximum atomic E-state index is 13.5. The van der Waals surface area contributed by atoms with E-state index in [4.69, 9.17) is 5.11 Å². The molecule has 2 rings (SSSR count). The first-order valence-corrected chi connectivity index (χ1v) is 4.83. The van der Waals surface area contributed by atoms with Gasteiger partial charge in [-0.2, -0.15) is 0 Å². The molecule has 0 atom stereocenters. The van der Waals surface area contributed by atoms with E-state index in [0.29, 0.717) is 0 Å². The van der Waals surface area contributed by atoms with Crippen molar-refractivity contribution < 1.29 is 23.8 Å². The van der Waals surface area contributed by atoms with Gasteiger partial charge in [0.1, 0.15) is 17.0 Å². The molecule has 0 radical (unpaired) electrons. The smallest absolute Gasteiger partial charge is 0.314 e. The number of hydrogen-bond acceptors (Lipinski definition) is 2. The Kier molecular flexibility index (Phi) is 2.42. The molecule has 1 aliphatic rings. The zero-order valence-electron chi connectivity index (χ0n) is 8.28. The fourth-order valence-corrected chi connectivity index (χ4v) is 2.12. The fraction of sp³-hybridized carbons (Fsp3) is 0.364. The van der Waals surface area contributed by atoms with E-state index >= 15 is 0 Å². The summed E-state index contributed by atoms with van der Waals surface area (Å²) in [5, 5.41) is 18.2. The Labute approximate surface area is 90.3 Å². The van der Waals surface area contributed by atoms with Crippen molar-refractivity contribution in [1.82, 2.24) is 0 Å². The standard InChI is InChI=1S/C11H10F2O3/c12-6-1-2-9(13)8(3-6)11(10(15)16)4-7(14)5-11/h1-3,7,14H,4-5H2,(H,15,16). The maximum absolute atomic E-state index is 13.5. The van der Waals surface area contributed by atoms with E-state index in [1.54, 1.807) is 0 Å². The van der Waals surface area contributed by atoms with Gasteiger partial charge in [-0.3, -0.25) is 4.79 Å². The first-order valence-electron chi connectivity index (χ1n) is 4.83. The highest BCUT2D eigenvalue weighted by molar-refractivity contribution is 5.83. The lowest BCUT2D eigenvalue weighted by atomic mass is 9.62. The van der Waals surface area contributed by atoms with Crippen molar-refractivity contribution in [3.05, 3.63) is 35.4 Å². The highest BCUT2D eigenvalue weighted by atomic mass is 19.1. The second kappa shape index (κ2) is 3.52. The van der Waals surface area contributed by atoms with Crippen LogP contribution in [-0.4, -0.2) is 22.3 Å². The van der Waals surface area contributed by atoms with Crippen LogP contribution in [0.15, 0.2) is 18.2 Å². The van der Waals surface area contributed by atoms with Crippen molar-refractivity contribution in [3.63, 3.8) is 0 Å². The summed E-state index contributed by atoms with van der Waals surface area (Å²) in [6, 6.07) is 2.72. The molecule has 0 bridgehead atoms. The van der Waals surface area contributed by atoms with Crippen molar-refractivity contribution in [2.24, 2.45) is 0 Å². The van der Waals surface area contributed by atoms with Gasteiger partial charge in [0, 0.05) is 5.56 Å². The molecule has 0 aliphatic heterocycles. The van der Waals surface area contributed by atoms with Gasteiger partial charge in [0.25, 0.3) is 0 Å². The van der Waals surface area contributed by atoms with Gasteiger partial charge in [0.2, 0.25) is 0 Å². The molecule has 0 unspecified atom stereocenters. The molecule has 3 nitrogen and oxygen atoms in total. The number of carboxylic acids is 1. The molecule has 1 fully saturated rings. The molecule has 0 spiro atoms. The zero-order valence-corrected chi connectivity index (χ0v) is 8.28. The van der Waals surface area contributed by atoms with Crippen molar-refractivity contribution in [1.29, 1.82) is 0 Å². The van der Waals surface area contributed by atoms with Gasteiger partial charge >= 0.3 is 5.97 Å². The SMILES string of the molecule is O=C(O)C1(c2cc(F)ccc2F)CC(O)C1. The number of aliphatic hydroxyl groups excluding tert-OH is 1. The lowest BCUT2D eigenvalue weighted by molar-refractivity contribution is -0.153. The van der Waals surface area contributed by atoms with E-state index in [9.17, 15) is 18.7 Å². The molecule has 1 aromatic carbocycles. The molecule has 0 saturated heterocycles. The van der Waals surface area contributed by atoms with Gasteiger partial charge < -0.3 is 10.2 Å². The van der Waals surface area contributed by atoms with Crippen LogP contribution >= 0.6 is 0 Å². The molecule has 2 N–H and O–H groups in total. The molecule has 86 valence electrons. The zero-order chi connectivity index (χ0) is 11.9. The van der Waals surface area contributed by atoms with Crippen molar-refractivity contribution in [2.45, 2.75) is 24.4 Å². The van der Waals surface area contributed by atoms with E-state index in [0.717, 1.165) is 18.2 Å². The number of carbonyl (C=O) groups is 1.